The van der Waals surface area contributed by atoms with Gasteiger partial charge in [0.25, 0.3) is 0 Å². The molecular formula is C24H16ClF3N4O2S. The average molecular weight is 517 g/mol. The van der Waals surface area contributed by atoms with E-state index in [9.17, 15) is 21.6 Å². The van der Waals surface area contributed by atoms with Gasteiger partial charge in [0.2, 0.25) is 9.84 Å². The van der Waals surface area contributed by atoms with Crippen molar-refractivity contribution in [2.45, 2.75) is 22.9 Å². The highest BCUT2D eigenvalue weighted by molar-refractivity contribution is 7.92. The molecule has 0 atom stereocenters. The first-order chi connectivity index (χ1) is 16.5. The number of halogens is 4. The van der Waals surface area contributed by atoms with Crippen molar-refractivity contribution in [1.82, 2.24) is 14.5 Å². The van der Waals surface area contributed by atoms with Crippen LogP contribution in [-0.4, -0.2) is 23.0 Å². The van der Waals surface area contributed by atoms with E-state index in [0.29, 0.717) is 11.0 Å². The van der Waals surface area contributed by atoms with E-state index < -0.39 is 26.6 Å². The van der Waals surface area contributed by atoms with Crippen LogP contribution in [0.1, 0.15) is 11.1 Å². The van der Waals surface area contributed by atoms with E-state index in [-0.39, 0.29) is 32.5 Å². The van der Waals surface area contributed by atoms with Crippen LogP contribution >= 0.6 is 11.6 Å². The average Bonchev–Trinajstić information content (AvgIpc) is 3.08. The number of fused-ring (bicyclic) bond motifs is 2. The molecule has 0 bridgehead atoms. The minimum Gasteiger partial charge on any atom is -0.384 e. The first kappa shape index (κ1) is 23.1. The van der Waals surface area contributed by atoms with E-state index in [1.54, 1.807) is 36.4 Å². The number of benzene rings is 3. The number of aromatic nitrogens is 3. The van der Waals surface area contributed by atoms with Gasteiger partial charge in [-0.2, -0.15) is 13.2 Å². The van der Waals surface area contributed by atoms with Crippen LogP contribution in [0.15, 0.2) is 76.5 Å². The zero-order valence-corrected chi connectivity index (χ0v) is 19.6. The highest BCUT2D eigenvalue weighted by atomic mass is 35.5. The number of hydrogen-bond acceptors (Lipinski definition) is 5. The highest BCUT2D eigenvalue weighted by Gasteiger charge is 2.35. The maximum Gasteiger partial charge on any atom is 0.417 e. The van der Waals surface area contributed by atoms with Gasteiger partial charge in [-0.25, -0.2) is 18.4 Å². The van der Waals surface area contributed by atoms with Crippen molar-refractivity contribution in [2.24, 2.45) is 0 Å². The molecule has 2 aromatic heterocycles. The molecule has 6 nitrogen and oxygen atoms in total. The molecule has 2 heterocycles. The Balaban J connectivity index is 1.89. The molecule has 0 saturated heterocycles. The molecule has 11 heteroatoms. The summed E-state index contributed by atoms with van der Waals surface area (Å²) in [4.78, 5) is 8.64. The molecular weight excluding hydrogens is 501 g/mol. The number of aryl methyl sites for hydroxylation is 1. The van der Waals surface area contributed by atoms with Crippen molar-refractivity contribution < 1.29 is 21.6 Å². The summed E-state index contributed by atoms with van der Waals surface area (Å²) in [6.07, 6.45) is -4.74. The smallest absolute Gasteiger partial charge is 0.384 e. The highest BCUT2D eigenvalue weighted by Crippen LogP contribution is 2.40. The number of para-hydroxylation sites is 2. The lowest BCUT2D eigenvalue weighted by molar-refractivity contribution is -0.137. The molecule has 178 valence electrons. The van der Waals surface area contributed by atoms with Gasteiger partial charge < -0.3 is 5.73 Å². The fourth-order valence-corrected chi connectivity index (χ4v) is 5.58. The summed E-state index contributed by atoms with van der Waals surface area (Å²) >= 11 is 5.79. The van der Waals surface area contributed by atoms with E-state index in [4.69, 9.17) is 17.3 Å². The number of alkyl halides is 3. The summed E-state index contributed by atoms with van der Waals surface area (Å²) in [5.74, 6) is -0.314. The van der Waals surface area contributed by atoms with Gasteiger partial charge in [-0.3, -0.25) is 4.57 Å². The third-order valence-corrected chi connectivity index (χ3v) is 7.73. The Kier molecular flexibility index (Phi) is 5.26. The van der Waals surface area contributed by atoms with E-state index in [1.807, 2.05) is 6.92 Å². The van der Waals surface area contributed by atoms with Gasteiger partial charge >= 0.3 is 6.18 Å². The molecule has 3 aromatic carbocycles. The Morgan fingerprint density at radius 1 is 0.943 bits per heavy atom. The Labute approximate surface area is 202 Å². The van der Waals surface area contributed by atoms with Gasteiger partial charge in [-0.05, 0) is 49.4 Å². The topological polar surface area (TPSA) is 90.9 Å². The molecule has 0 aliphatic heterocycles. The Morgan fingerprint density at radius 2 is 1.57 bits per heavy atom. The lowest BCUT2D eigenvalue weighted by Crippen LogP contribution is -2.10. The molecule has 5 rings (SSSR count). The van der Waals surface area contributed by atoms with Crippen LogP contribution in [0.3, 0.4) is 0 Å². The van der Waals surface area contributed by atoms with E-state index >= 15 is 0 Å². The van der Waals surface area contributed by atoms with Crippen LogP contribution in [0, 0.1) is 6.92 Å². The second kappa shape index (κ2) is 7.96. The Hall–Kier alpha value is -3.63. The number of rotatable bonds is 3. The van der Waals surface area contributed by atoms with Gasteiger partial charge in [0, 0.05) is 5.69 Å². The predicted octanol–water partition coefficient (Wildman–Crippen LogP) is 5.97. The van der Waals surface area contributed by atoms with Crippen LogP contribution in [0.5, 0.6) is 0 Å². The maximum atomic E-state index is 13.7. The summed E-state index contributed by atoms with van der Waals surface area (Å²) in [5.41, 5.74) is 6.84. The minimum absolute atomic E-state index is 0.00216. The number of sulfone groups is 1. The first-order valence-corrected chi connectivity index (χ1v) is 12.1. The zero-order valence-electron chi connectivity index (χ0n) is 18.0. The van der Waals surface area contributed by atoms with Crippen LogP contribution < -0.4 is 5.73 Å². The number of hydrogen-bond donors (Lipinski definition) is 1. The summed E-state index contributed by atoms with van der Waals surface area (Å²) in [6.45, 7) is 1.81. The minimum atomic E-state index is -4.74. The molecule has 0 radical (unpaired) electrons. The van der Waals surface area contributed by atoms with Gasteiger partial charge in [0.1, 0.15) is 16.2 Å². The molecule has 0 saturated carbocycles. The van der Waals surface area contributed by atoms with E-state index in [2.05, 4.69) is 9.97 Å². The quantitative estimate of drug-likeness (QED) is 0.319. The van der Waals surface area contributed by atoms with E-state index in [1.165, 1.54) is 18.2 Å². The Bertz CT molecular complexity index is 1730. The third-order valence-electron chi connectivity index (χ3n) is 5.57. The second-order valence-corrected chi connectivity index (χ2v) is 10.2. The number of anilines is 1. The van der Waals surface area contributed by atoms with Crippen molar-refractivity contribution in [3.63, 3.8) is 0 Å². The molecule has 0 fully saturated rings. The van der Waals surface area contributed by atoms with Crippen LogP contribution in [0.4, 0.5) is 19.0 Å². The van der Waals surface area contributed by atoms with Crippen molar-refractivity contribution in [1.29, 1.82) is 0 Å². The summed E-state index contributed by atoms with van der Waals surface area (Å²) < 4.78 is 69.2. The van der Waals surface area contributed by atoms with Gasteiger partial charge in [0.15, 0.2) is 5.65 Å². The lowest BCUT2D eigenvalue weighted by atomic mass is 10.2. The number of nitrogens with two attached hydrogens (primary N) is 1. The van der Waals surface area contributed by atoms with Gasteiger partial charge in [-0.1, -0.05) is 41.4 Å². The Morgan fingerprint density at radius 3 is 2.20 bits per heavy atom. The SMILES string of the molecule is Cc1ccc(S(=O)(=O)c2c(N)n(-c3ccc(Cl)c(C(F)(F)F)c3)c3nc4ccccc4nc23)cc1. The molecule has 0 amide bonds. The van der Waals surface area contributed by atoms with Crippen molar-refractivity contribution in [3.05, 3.63) is 82.9 Å². The van der Waals surface area contributed by atoms with Crippen molar-refractivity contribution in [2.75, 3.05) is 5.73 Å². The second-order valence-electron chi connectivity index (χ2n) is 7.91. The fraction of sp³-hybridized carbons (Fsp3) is 0.0833. The lowest BCUT2D eigenvalue weighted by Gasteiger charge is -2.13. The molecule has 0 spiro atoms. The van der Waals surface area contributed by atoms with Crippen molar-refractivity contribution >= 4 is 49.5 Å². The molecule has 5 aromatic rings. The van der Waals surface area contributed by atoms with Gasteiger partial charge in [0.05, 0.1) is 26.5 Å². The molecule has 0 aliphatic rings. The predicted molar refractivity (Wildman–Crippen MR) is 127 cm³/mol. The van der Waals surface area contributed by atoms with E-state index in [0.717, 1.165) is 22.3 Å². The third kappa shape index (κ3) is 3.78. The molecule has 2 N–H and O–H groups in total. The number of nitrogens with zero attached hydrogens (tertiary/aromatic N) is 3. The maximum absolute atomic E-state index is 13.7. The van der Waals surface area contributed by atoms with Gasteiger partial charge in [-0.15, -0.1) is 0 Å². The van der Waals surface area contributed by atoms with Crippen molar-refractivity contribution in [3.8, 4) is 5.69 Å². The van der Waals surface area contributed by atoms with Crippen LogP contribution in [-0.2, 0) is 16.0 Å². The molecule has 35 heavy (non-hydrogen) atoms. The zero-order chi connectivity index (χ0) is 25.1. The standard InChI is InChI=1S/C24H16ClF3N4O2S/c1-13-6-9-15(10-7-13)35(33,34)21-20-23(31-19-5-3-2-4-18(19)30-20)32(22(21)29)14-8-11-17(25)16(12-14)24(26,27)28/h2-12H,29H2,1H3. The fourth-order valence-electron chi connectivity index (χ4n) is 3.87. The largest absolute Gasteiger partial charge is 0.417 e. The van der Waals surface area contributed by atoms with Crippen LogP contribution in [0.2, 0.25) is 5.02 Å². The monoisotopic (exact) mass is 516 g/mol. The summed E-state index contributed by atoms with van der Waals surface area (Å²) in [5, 5.41) is -0.500. The molecule has 0 aliphatic carbocycles. The summed E-state index contributed by atoms with van der Waals surface area (Å²) in [6, 6.07) is 16.1. The molecule has 0 unspecified atom stereocenters. The first-order valence-electron chi connectivity index (χ1n) is 10.2. The summed E-state index contributed by atoms with van der Waals surface area (Å²) in [7, 11) is -4.21. The number of nitrogen functional groups attached to an aromatic ring is 1. The normalized spacial score (nSPS) is 12.5. The van der Waals surface area contributed by atoms with Crippen LogP contribution in [0.25, 0.3) is 27.9 Å².